The van der Waals surface area contributed by atoms with E-state index in [-0.39, 0.29) is 24.1 Å². The van der Waals surface area contributed by atoms with E-state index in [0.29, 0.717) is 4.47 Å². The predicted molar refractivity (Wildman–Crippen MR) is 78.5 cm³/mol. The van der Waals surface area contributed by atoms with Crippen molar-refractivity contribution in [2.75, 3.05) is 13.1 Å². The number of non-ortho nitro benzene ring substituents is 1. The number of nitro groups is 1. The first-order valence-corrected chi connectivity index (χ1v) is 7.28. The number of hydrogen-bond donors (Lipinski definition) is 2. The number of halogens is 1. The molecule has 108 valence electrons. The average molecular weight is 342 g/mol. The number of rotatable bonds is 4. The van der Waals surface area contributed by atoms with Crippen LogP contribution in [0, 0.1) is 10.1 Å². The van der Waals surface area contributed by atoms with Gasteiger partial charge in [0.2, 0.25) is 5.91 Å². The number of nitro benzene ring substituents is 1. The van der Waals surface area contributed by atoms with Crippen molar-refractivity contribution in [2.45, 2.75) is 25.3 Å². The number of amides is 1. The van der Waals surface area contributed by atoms with Crippen molar-refractivity contribution in [3.05, 3.63) is 38.3 Å². The Kier molecular flexibility index (Phi) is 5.08. The maximum absolute atomic E-state index is 12.0. The molecule has 1 saturated heterocycles. The van der Waals surface area contributed by atoms with Crippen LogP contribution in [-0.2, 0) is 11.2 Å². The quantitative estimate of drug-likeness (QED) is 0.645. The Morgan fingerprint density at radius 1 is 1.45 bits per heavy atom. The minimum atomic E-state index is -0.455. The monoisotopic (exact) mass is 341 g/mol. The van der Waals surface area contributed by atoms with Crippen LogP contribution < -0.4 is 10.6 Å². The van der Waals surface area contributed by atoms with Gasteiger partial charge in [-0.05, 0) is 31.5 Å². The number of carbonyl (C=O) groups is 1. The SMILES string of the molecule is O=C(Cc1ccc([N+](=O)[O-])cc1Br)NC1CCNCC1. The summed E-state index contributed by atoms with van der Waals surface area (Å²) in [5, 5.41) is 16.9. The Labute approximate surface area is 125 Å². The summed E-state index contributed by atoms with van der Waals surface area (Å²) in [6, 6.07) is 4.68. The molecule has 0 aliphatic carbocycles. The van der Waals surface area contributed by atoms with E-state index in [2.05, 4.69) is 26.6 Å². The fourth-order valence-corrected chi connectivity index (χ4v) is 2.72. The van der Waals surface area contributed by atoms with E-state index in [0.717, 1.165) is 31.5 Å². The fourth-order valence-electron chi connectivity index (χ4n) is 2.21. The number of nitrogens with one attached hydrogen (secondary N) is 2. The van der Waals surface area contributed by atoms with Crippen LogP contribution in [0.15, 0.2) is 22.7 Å². The third-order valence-corrected chi connectivity index (χ3v) is 4.04. The molecule has 1 aromatic carbocycles. The van der Waals surface area contributed by atoms with E-state index in [1.807, 2.05) is 0 Å². The summed E-state index contributed by atoms with van der Waals surface area (Å²) in [4.78, 5) is 22.2. The number of hydrogen-bond acceptors (Lipinski definition) is 4. The number of nitrogens with zero attached hydrogens (tertiary/aromatic N) is 1. The standard InChI is InChI=1S/C13H16BrN3O3/c14-12-8-11(17(19)20)2-1-9(12)7-13(18)16-10-3-5-15-6-4-10/h1-2,8,10,15H,3-7H2,(H,16,18). The maximum Gasteiger partial charge on any atom is 0.270 e. The van der Waals surface area contributed by atoms with Gasteiger partial charge in [0.1, 0.15) is 0 Å². The Morgan fingerprint density at radius 3 is 2.75 bits per heavy atom. The highest BCUT2D eigenvalue weighted by atomic mass is 79.9. The van der Waals surface area contributed by atoms with Crippen molar-refractivity contribution in [3.63, 3.8) is 0 Å². The molecule has 7 heteroatoms. The summed E-state index contributed by atoms with van der Waals surface area (Å²) in [5.41, 5.74) is 0.765. The minimum absolute atomic E-state index is 0.0133. The molecule has 1 heterocycles. The lowest BCUT2D eigenvalue weighted by atomic mass is 10.1. The van der Waals surface area contributed by atoms with Gasteiger partial charge in [0, 0.05) is 22.6 Å². The number of benzene rings is 1. The lowest BCUT2D eigenvalue weighted by molar-refractivity contribution is -0.384. The topological polar surface area (TPSA) is 84.3 Å². The van der Waals surface area contributed by atoms with Crippen LogP contribution in [0.5, 0.6) is 0 Å². The van der Waals surface area contributed by atoms with E-state index in [1.54, 1.807) is 6.07 Å². The molecule has 0 radical (unpaired) electrons. The van der Waals surface area contributed by atoms with Gasteiger partial charge in [0.05, 0.1) is 11.3 Å². The van der Waals surface area contributed by atoms with Gasteiger partial charge in [-0.1, -0.05) is 22.0 Å². The lowest BCUT2D eigenvalue weighted by Gasteiger charge is -2.23. The normalized spacial score (nSPS) is 15.8. The maximum atomic E-state index is 12.0. The third-order valence-electron chi connectivity index (χ3n) is 3.30. The minimum Gasteiger partial charge on any atom is -0.353 e. The van der Waals surface area contributed by atoms with Crippen LogP contribution in [0.25, 0.3) is 0 Å². The summed E-state index contributed by atoms with van der Waals surface area (Å²) in [7, 11) is 0. The molecule has 0 saturated carbocycles. The van der Waals surface area contributed by atoms with E-state index in [1.165, 1.54) is 12.1 Å². The molecule has 2 rings (SSSR count). The van der Waals surface area contributed by atoms with Crippen molar-refractivity contribution in [1.82, 2.24) is 10.6 Å². The molecular formula is C13H16BrN3O3. The predicted octanol–water partition coefficient (Wildman–Crippen LogP) is 1.77. The fraction of sp³-hybridized carbons (Fsp3) is 0.462. The lowest BCUT2D eigenvalue weighted by Crippen LogP contribution is -2.43. The Balaban J connectivity index is 1.95. The van der Waals surface area contributed by atoms with Crippen LogP contribution in [0.2, 0.25) is 0 Å². The van der Waals surface area contributed by atoms with E-state index < -0.39 is 4.92 Å². The molecule has 0 aromatic heterocycles. The van der Waals surface area contributed by atoms with Gasteiger partial charge >= 0.3 is 0 Å². The summed E-state index contributed by atoms with van der Waals surface area (Å²) < 4.78 is 0.590. The molecule has 1 aliphatic heterocycles. The second-order valence-electron chi connectivity index (χ2n) is 4.80. The highest BCUT2D eigenvalue weighted by Gasteiger charge is 2.17. The summed E-state index contributed by atoms with van der Waals surface area (Å²) in [5.74, 6) is -0.0496. The average Bonchev–Trinajstić information content (AvgIpc) is 2.42. The number of carbonyl (C=O) groups excluding carboxylic acids is 1. The highest BCUT2D eigenvalue weighted by molar-refractivity contribution is 9.10. The molecule has 1 amide bonds. The second kappa shape index (κ2) is 6.81. The van der Waals surface area contributed by atoms with Gasteiger partial charge in [-0.15, -0.1) is 0 Å². The first-order chi connectivity index (χ1) is 9.56. The van der Waals surface area contributed by atoms with Crippen LogP contribution in [0.3, 0.4) is 0 Å². The van der Waals surface area contributed by atoms with Crippen molar-refractivity contribution in [3.8, 4) is 0 Å². The molecule has 1 fully saturated rings. The van der Waals surface area contributed by atoms with Gasteiger partial charge in [-0.2, -0.15) is 0 Å². The van der Waals surface area contributed by atoms with E-state index in [9.17, 15) is 14.9 Å². The largest absolute Gasteiger partial charge is 0.353 e. The van der Waals surface area contributed by atoms with Gasteiger partial charge in [0.15, 0.2) is 0 Å². The molecule has 6 nitrogen and oxygen atoms in total. The molecular weight excluding hydrogens is 326 g/mol. The molecule has 0 atom stereocenters. The van der Waals surface area contributed by atoms with Gasteiger partial charge in [-0.25, -0.2) is 0 Å². The van der Waals surface area contributed by atoms with Gasteiger partial charge < -0.3 is 10.6 Å². The second-order valence-corrected chi connectivity index (χ2v) is 5.66. The van der Waals surface area contributed by atoms with Crippen LogP contribution in [-0.4, -0.2) is 30.0 Å². The first-order valence-electron chi connectivity index (χ1n) is 6.49. The highest BCUT2D eigenvalue weighted by Crippen LogP contribution is 2.23. The zero-order chi connectivity index (χ0) is 14.5. The van der Waals surface area contributed by atoms with Crippen LogP contribution in [0.4, 0.5) is 5.69 Å². The molecule has 1 aliphatic rings. The van der Waals surface area contributed by atoms with Crippen LogP contribution in [0.1, 0.15) is 18.4 Å². The summed E-state index contributed by atoms with van der Waals surface area (Å²) in [6.45, 7) is 1.85. The smallest absolute Gasteiger partial charge is 0.270 e. The zero-order valence-electron chi connectivity index (χ0n) is 10.9. The van der Waals surface area contributed by atoms with Gasteiger partial charge in [-0.3, -0.25) is 14.9 Å². The molecule has 0 bridgehead atoms. The van der Waals surface area contributed by atoms with Crippen LogP contribution >= 0.6 is 15.9 Å². The van der Waals surface area contributed by atoms with E-state index >= 15 is 0 Å². The van der Waals surface area contributed by atoms with Crippen molar-refractivity contribution < 1.29 is 9.72 Å². The Morgan fingerprint density at radius 2 is 2.15 bits per heavy atom. The molecule has 0 spiro atoms. The molecule has 2 N–H and O–H groups in total. The summed E-state index contributed by atoms with van der Waals surface area (Å²) in [6.07, 6.45) is 2.10. The van der Waals surface area contributed by atoms with Crippen molar-refractivity contribution >= 4 is 27.5 Å². The van der Waals surface area contributed by atoms with Crippen molar-refractivity contribution in [2.24, 2.45) is 0 Å². The molecule has 20 heavy (non-hydrogen) atoms. The Bertz CT molecular complexity index is 516. The third kappa shape index (κ3) is 4.01. The van der Waals surface area contributed by atoms with E-state index in [4.69, 9.17) is 0 Å². The molecule has 1 aromatic rings. The first kappa shape index (κ1) is 14.9. The van der Waals surface area contributed by atoms with Crippen molar-refractivity contribution in [1.29, 1.82) is 0 Å². The Hall–Kier alpha value is -1.47. The van der Waals surface area contributed by atoms with Gasteiger partial charge in [0.25, 0.3) is 5.69 Å². The summed E-state index contributed by atoms with van der Waals surface area (Å²) >= 11 is 3.27. The number of piperidine rings is 1. The zero-order valence-corrected chi connectivity index (χ0v) is 12.5. The molecule has 0 unspecified atom stereocenters.